The number of hydrogen-bond acceptors (Lipinski definition) is 7. The van der Waals surface area contributed by atoms with Gasteiger partial charge in [-0.2, -0.15) is 0 Å². The Kier molecular flexibility index (Phi) is 6.49. The third-order valence-corrected chi connectivity index (χ3v) is 4.06. The van der Waals surface area contributed by atoms with E-state index in [1.165, 1.54) is 7.11 Å². The number of esters is 1. The fourth-order valence-corrected chi connectivity index (χ4v) is 2.55. The van der Waals surface area contributed by atoms with Gasteiger partial charge in [0.15, 0.2) is 17.6 Å². The molecule has 0 unspecified atom stereocenters. The Labute approximate surface area is 169 Å². The summed E-state index contributed by atoms with van der Waals surface area (Å²) < 4.78 is 22.2. The number of carbonyl (C=O) groups excluding carboxylic acids is 1. The van der Waals surface area contributed by atoms with Gasteiger partial charge in [0.05, 0.1) is 19.3 Å². The molecule has 152 valence electrons. The average Bonchev–Trinajstić information content (AvgIpc) is 3.23. The summed E-state index contributed by atoms with van der Waals surface area (Å²) >= 11 is 0. The SMILES string of the molecule is COc1cc(C(=O)O[C@H](C)c2nnc(-c3ccccc3)o2)ccc1OCC(C)C. The van der Waals surface area contributed by atoms with Crippen molar-refractivity contribution in [1.29, 1.82) is 0 Å². The lowest BCUT2D eigenvalue weighted by Crippen LogP contribution is -2.10. The summed E-state index contributed by atoms with van der Waals surface area (Å²) in [6.07, 6.45) is -0.699. The first-order chi connectivity index (χ1) is 14.0. The molecule has 1 aromatic heterocycles. The zero-order valence-corrected chi connectivity index (χ0v) is 16.9. The fraction of sp³-hybridized carbons (Fsp3) is 0.318. The van der Waals surface area contributed by atoms with Gasteiger partial charge in [0.1, 0.15) is 0 Å². The number of benzene rings is 2. The minimum atomic E-state index is -0.699. The second kappa shape index (κ2) is 9.23. The quantitative estimate of drug-likeness (QED) is 0.510. The molecular formula is C22H24N2O5. The molecule has 0 aliphatic heterocycles. The first-order valence-corrected chi connectivity index (χ1v) is 9.38. The van der Waals surface area contributed by atoms with Gasteiger partial charge in [-0.3, -0.25) is 0 Å². The predicted molar refractivity (Wildman–Crippen MR) is 107 cm³/mol. The first-order valence-electron chi connectivity index (χ1n) is 9.38. The largest absolute Gasteiger partial charge is 0.493 e. The molecule has 0 fully saturated rings. The van der Waals surface area contributed by atoms with Crippen molar-refractivity contribution in [3.05, 3.63) is 60.0 Å². The van der Waals surface area contributed by atoms with Crippen LogP contribution in [0.25, 0.3) is 11.5 Å². The summed E-state index contributed by atoms with van der Waals surface area (Å²) in [6.45, 7) is 6.34. The van der Waals surface area contributed by atoms with Crippen LogP contribution in [0.1, 0.15) is 43.1 Å². The Morgan fingerprint density at radius 2 is 1.79 bits per heavy atom. The molecule has 29 heavy (non-hydrogen) atoms. The minimum absolute atomic E-state index is 0.223. The number of hydrogen-bond donors (Lipinski definition) is 0. The van der Waals surface area contributed by atoms with Crippen LogP contribution >= 0.6 is 0 Å². The molecule has 0 radical (unpaired) electrons. The van der Waals surface area contributed by atoms with Crippen LogP contribution in [0.4, 0.5) is 0 Å². The summed E-state index contributed by atoms with van der Waals surface area (Å²) in [4.78, 5) is 12.5. The number of nitrogens with zero attached hydrogens (tertiary/aromatic N) is 2. The zero-order valence-electron chi connectivity index (χ0n) is 16.9. The molecule has 0 saturated heterocycles. The van der Waals surface area contributed by atoms with Crippen molar-refractivity contribution in [1.82, 2.24) is 10.2 Å². The Morgan fingerprint density at radius 3 is 2.48 bits per heavy atom. The molecular weight excluding hydrogens is 372 g/mol. The molecule has 0 aliphatic carbocycles. The number of rotatable bonds is 8. The lowest BCUT2D eigenvalue weighted by Gasteiger charge is -2.14. The molecule has 0 N–H and O–H groups in total. The van der Waals surface area contributed by atoms with Gasteiger partial charge in [0, 0.05) is 5.56 Å². The molecule has 0 spiro atoms. The van der Waals surface area contributed by atoms with Crippen LogP contribution in [0.5, 0.6) is 11.5 Å². The maximum absolute atomic E-state index is 12.5. The fourth-order valence-electron chi connectivity index (χ4n) is 2.55. The van der Waals surface area contributed by atoms with Crippen LogP contribution < -0.4 is 9.47 Å². The highest BCUT2D eigenvalue weighted by atomic mass is 16.6. The van der Waals surface area contributed by atoms with Crippen molar-refractivity contribution in [2.24, 2.45) is 5.92 Å². The smallest absolute Gasteiger partial charge is 0.339 e. The van der Waals surface area contributed by atoms with Crippen LogP contribution in [0.2, 0.25) is 0 Å². The van der Waals surface area contributed by atoms with E-state index in [9.17, 15) is 4.79 Å². The Morgan fingerprint density at radius 1 is 1.03 bits per heavy atom. The van der Waals surface area contributed by atoms with Crippen molar-refractivity contribution in [2.45, 2.75) is 26.9 Å². The number of aromatic nitrogens is 2. The number of methoxy groups -OCH3 is 1. The van der Waals surface area contributed by atoms with E-state index < -0.39 is 12.1 Å². The van der Waals surface area contributed by atoms with E-state index in [-0.39, 0.29) is 5.89 Å². The summed E-state index contributed by atoms with van der Waals surface area (Å²) in [6, 6.07) is 14.3. The standard InChI is InChI=1S/C22H24N2O5/c1-14(2)13-27-18-11-10-17(12-19(18)26-4)22(25)28-15(3)20-23-24-21(29-20)16-8-6-5-7-9-16/h5-12,14-15H,13H2,1-4H3/t15-/m1/s1. The van der Waals surface area contributed by atoms with Gasteiger partial charge in [-0.1, -0.05) is 32.0 Å². The molecule has 1 heterocycles. The predicted octanol–water partition coefficient (Wildman–Crippen LogP) is 4.70. The molecule has 3 aromatic rings. The minimum Gasteiger partial charge on any atom is -0.493 e. The Balaban J connectivity index is 1.69. The molecule has 3 rings (SSSR count). The highest BCUT2D eigenvalue weighted by Crippen LogP contribution is 2.30. The van der Waals surface area contributed by atoms with E-state index in [2.05, 4.69) is 24.0 Å². The molecule has 0 amide bonds. The molecule has 2 aromatic carbocycles. The molecule has 0 aliphatic rings. The van der Waals surface area contributed by atoms with E-state index in [1.54, 1.807) is 25.1 Å². The highest BCUT2D eigenvalue weighted by molar-refractivity contribution is 5.90. The van der Waals surface area contributed by atoms with Gasteiger partial charge in [-0.15, -0.1) is 10.2 Å². The van der Waals surface area contributed by atoms with Gasteiger partial charge < -0.3 is 18.6 Å². The summed E-state index contributed by atoms with van der Waals surface area (Å²) in [5, 5.41) is 8.01. The van der Waals surface area contributed by atoms with Crippen molar-refractivity contribution in [3.63, 3.8) is 0 Å². The van der Waals surface area contributed by atoms with Crippen LogP contribution in [-0.2, 0) is 4.74 Å². The molecule has 7 heteroatoms. The van der Waals surface area contributed by atoms with Crippen molar-refractivity contribution in [3.8, 4) is 23.0 Å². The third kappa shape index (κ3) is 5.13. The van der Waals surface area contributed by atoms with E-state index in [4.69, 9.17) is 18.6 Å². The lowest BCUT2D eigenvalue weighted by atomic mass is 10.2. The number of carbonyl (C=O) groups is 1. The Hall–Kier alpha value is -3.35. The van der Waals surface area contributed by atoms with Crippen LogP contribution in [0.3, 0.4) is 0 Å². The van der Waals surface area contributed by atoms with Crippen LogP contribution in [0, 0.1) is 5.92 Å². The summed E-state index contributed by atoms with van der Waals surface area (Å²) in [5.41, 5.74) is 1.14. The van der Waals surface area contributed by atoms with E-state index in [0.717, 1.165) is 5.56 Å². The van der Waals surface area contributed by atoms with E-state index in [1.807, 2.05) is 30.3 Å². The maximum Gasteiger partial charge on any atom is 0.339 e. The first kappa shape index (κ1) is 20.4. The molecule has 1 atom stereocenters. The monoisotopic (exact) mass is 396 g/mol. The van der Waals surface area contributed by atoms with Gasteiger partial charge in [-0.05, 0) is 43.2 Å². The summed E-state index contributed by atoms with van der Waals surface area (Å²) in [7, 11) is 1.53. The second-order valence-corrected chi connectivity index (χ2v) is 6.93. The highest BCUT2D eigenvalue weighted by Gasteiger charge is 2.21. The normalized spacial score (nSPS) is 11.9. The van der Waals surface area contributed by atoms with Crippen molar-refractivity contribution < 1.29 is 23.4 Å². The maximum atomic E-state index is 12.5. The van der Waals surface area contributed by atoms with Crippen molar-refractivity contribution in [2.75, 3.05) is 13.7 Å². The third-order valence-electron chi connectivity index (χ3n) is 4.06. The van der Waals surface area contributed by atoms with E-state index >= 15 is 0 Å². The second-order valence-electron chi connectivity index (χ2n) is 6.93. The number of ether oxygens (including phenoxy) is 3. The zero-order chi connectivity index (χ0) is 20.8. The lowest BCUT2D eigenvalue weighted by molar-refractivity contribution is 0.0279. The van der Waals surface area contributed by atoms with Gasteiger partial charge >= 0.3 is 5.97 Å². The van der Waals surface area contributed by atoms with Crippen molar-refractivity contribution >= 4 is 5.97 Å². The van der Waals surface area contributed by atoms with Gasteiger partial charge in [0.25, 0.3) is 5.89 Å². The molecule has 7 nitrogen and oxygen atoms in total. The van der Waals surface area contributed by atoms with Gasteiger partial charge in [-0.25, -0.2) is 4.79 Å². The van der Waals surface area contributed by atoms with Crippen LogP contribution in [0.15, 0.2) is 52.9 Å². The van der Waals surface area contributed by atoms with Crippen LogP contribution in [-0.4, -0.2) is 29.9 Å². The van der Waals surface area contributed by atoms with E-state index in [0.29, 0.717) is 35.5 Å². The topological polar surface area (TPSA) is 83.7 Å². The Bertz CT molecular complexity index is 953. The molecule has 0 saturated carbocycles. The summed E-state index contributed by atoms with van der Waals surface area (Å²) in [5.74, 6) is 1.50. The molecule has 0 bridgehead atoms. The van der Waals surface area contributed by atoms with Gasteiger partial charge in [0.2, 0.25) is 5.89 Å². The average molecular weight is 396 g/mol.